The van der Waals surface area contributed by atoms with Gasteiger partial charge in [0.15, 0.2) is 0 Å². The van der Waals surface area contributed by atoms with Gasteiger partial charge >= 0.3 is 12.1 Å². The van der Waals surface area contributed by atoms with Gasteiger partial charge < -0.3 is 10.2 Å². The quantitative estimate of drug-likeness (QED) is 0.661. The van der Waals surface area contributed by atoms with Gasteiger partial charge in [-0.3, -0.25) is 4.79 Å². The fourth-order valence-corrected chi connectivity index (χ4v) is 0.541. The van der Waals surface area contributed by atoms with Gasteiger partial charge in [0.1, 0.15) is 0 Å². The highest BCUT2D eigenvalue weighted by atomic mass is 19.4. The Morgan fingerprint density at radius 1 is 1.45 bits per heavy atom. The smallest absolute Gasteiger partial charge is 0.391 e. The highest BCUT2D eigenvalue weighted by molar-refractivity contribution is 5.67. The summed E-state index contributed by atoms with van der Waals surface area (Å²) in [5.41, 5.74) is 0. The number of carbonyl (C=O) groups is 1. The second-order valence-corrected chi connectivity index (χ2v) is 2.07. The van der Waals surface area contributed by atoms with E-state index in [9.17, 15) is 18.0 Å². The van der Waals surface area contributed by atoms with Crippen LogP contribution in [-0.2, 0) is 4.79 Å². The van der Waals surface area contributed by atoms with Gasteiger partial charge in [-0.2, -0.15) is 13.2 Å². The number of aliphatic carboxylic acids is 1. The Hall–Kier alpha value is -0.780. The number of rotatable bonds is 3. The first-order valence-electron chi connectivity index (χ1n) is 2.78. The number of carboxylic acids is 1. The van der Waals surface area contributed by atoms with E-state index in [0.717, 1.165) is 0 Å². The van der Waals surface area contributed by atoms with Crippen molar-refractivity contribution in [3.8, 4) is 0 Å². The molecule has 0 fully saturated rings. The molecule has 0 rings (SSSR count). The molecule has 11 heavy (non-hydrogen) atoms. The minimum absolute atomic E-state index is 0.875. The van der Waals surface area contributed by atoms with E-state index in [1.54, 1.807) is 0 Å². The Morgan fingerprint density at radius 3 is 2.18 bits per heavy atom. The van der Waals surface area contributed by atoms with Crippen LogP contribution in [0.2, 0.25) is 0 Å². The SMILES string of the molecule is O=C(O)CC(O)CC(F)(F)F. The molecule has 0 aliphatic heterocycles. The zero-order chi connectivity index (χ0) is 9.07. The van der Waals surface area contributed by atoms with Crippen molar-refractivity contribution in [2.45, 2.75) is 25.1 Å². The van der Waals surface area contributed by atoms with Crippen molar-refractivity contribution in [3.05, 3.63) is 0 Å². The molecule has 0 amide bonds. The Labute approximate surface area is 60.4 Å². The summed E-state index contributed by atoms with van der Waals surface area (Å²) in [6.45, 7) is 0. The molecule has 0 radical (unpaired) electrons. The van der Waals surface area contributed by atoms with Gasteiger partial charge in [-0.1, -0.05) is 0 Å². The van der Waals surface area contributed by atoms with Crippen LogP contribution >= 0.6 is 0 Å². The van der Waals surface area contributed by atoms with Gasteiger partial charge in [0, 0.05) is 0 Å². The summed E-state index contributed by atoms with van der Waals surface area (Å²) in [4.78, 5) is 9.77. The fourth-order valence-electron chi connectivity index (χ4n) is 0.541. The molecule has 3 nitrogen and oxygen atoms in total. The first-order chi connectivity index (χ1) is 4.81. The first kappa shape index (κ1) is 10.2. The summed E-state index contributed by atoms with van der Waals surface area (Å²) in [5.74, 6) is -1.44. The summed E-state index contributed by atoms with van der Waals surface area (Å²) in [6, 6.07) is 0. The predicted molar refractivity (Wildman–Crippen MR) is 28.9 cm³/mol. The highest BCUT2D eigenvalue weighted by Gasteiger charge is 2.31. The van der Waals surface area contributed by atoms with Gasteiger partial charge in [0.2, 0.25) is 0 Å². The molecule has 0 bridgehead atoms. The Balaban J connectivity index is 3.69. The van der Waals surface area contributed by atoms with Crippen molar-refractivity contribution in [2.75, 3.05) is 0 Å². The summed E-state index contributed by atoms with van der Waals surface area (Å²) in [7, 11) is 0. The van der Waals surface area contributed by atoms with Gasteiger partial charge in [-0.15, -0.1) is 0 Å². The topological polar surface area (TPSA) is 57.5 Å². The lowest BCUT2D eigenvalue weighted by Crippen LogP contribution is -2.21. The standard InChI is InChI=1S/C5H7F3O3/c6-5(7,8)2-3(9)1-4(10)11/h3,9H,1-2H2,(H,10,11). The van der Waals surface area contributed by atoms with Crippen LogP contribution in [0.3, 0.4) is 0 Å². The minimum Gasteiger partial charge on any atom is -0.481 e. The third-order valence-electron chi connectivity index (χ3n) is 0.877. The van der Waals surface area contributed by atoms with Crippen molar-refractivity contribution in [3.63, 3.8) is 0 Å². The van der Waals surface area contributed by atoms with Crippen molar-refractivity contribution in [2.24, 2.45) is 0 Å². The molecule has 2 N–H and O–H groups in total. The van der Waals surface area contributed by atoms with Crippen LogP contribution in [0.4, 0.5) is 13.2 Å². The second-order valence-electron chi connectivity index (χ2n) is 2.07. The number of halogens is 3. The van der Waals surface area contributed by atoms with E-state index in [-0.39, 0.29) is 0 Å². The van der Waals surface area contributed by atoms with E-state index in [0.29, 0.717) is 0 Å². The van der Waals surface area contributed by atoms with E-state index in [2.05, 4.69) is 0 Å². The Kier molecular flexibility index (Phi) is 3.31. The zero-order valence-electron chi connectivity index (χ0n) is 5.43. The molecule has 1 atom stereocenters. The lowest BCUT2D eigenvalue weighted by molar-refractivity contribution is -0.159. The molecule has 66 valence electrons. The maximum absolute atomic E-state index is 11.4. The monoisotopic (exact) mass is 172 g/mol. The Bertz CT molecular complexity index is 142. The number of aliphatic hydroxyl groups excluding tert-OH is 1. The molecule has 0 aromatic carbocycles. The summed E-state index contributed by atoms with van der Waals surface area (Å²) >= 11 is 0. The van der Waals surface area contributed by atoms with Gasteiger partial charge in [-0.25, -0.2) is 0 Å². The molecule has 0 aliphatic carbocycles. The van der Waals surface area contributed by atoms with Crippen molar-refractivity contribution < 1.29 is 28.2 Å². The van der Waals surface area contributed by atoms with Crippen molar-refractivity contribution in [1.82, 2.24) is 0 Å². The van der Waals surface area contributed by atoms with E-state index < -0.39 is 31.1 Å². The molecule has 0 saturated heterocycles. The molecule has 0 spiro atoms. The predicted octanol–water partition coefficient (Wildman–Crippen LogP) is 0.774. The molecular weight excluding hydrogens is 165 g/mol. The van der Waals surface area contributed by atoms with E-state index >= 15 is 0 Å². The third-order valence-corrected chi connectivity index (χ3v) is 0.877. The lowest BCUT2D eigenvalue weighted by Gasteiger charge is -2.09. The molecule has 0 aromatic rings. The summed E-state index contributed by atoms with van der Waals surface area (Å²) in [5, 5.41) is 16.4. The molecule has 0 aliphatic rings. The molecule has 6 heteroatoms. The molecule has 0 saturated carbocycles. The highest BCUT2D eigenvalue weighted by Crippen LogP contribution is 2.22. The van der Waals surface area contributed by atoms with Crippen LogP contribution < -0.4 is 0 Å². The maximum Gasteiger partial charge on any atom is 0.391 e. The molecular formula is C5H7F3O3. The van der Waals surface area contributed by atoms with E-state index in [1.165, 1.54) is 0 Å². The van der Waals surface area contributed by atoms with Crippen LogP contribution in [0, 0.1) is 0 Å². The van der Waals surface area contributed by atoms with E-state index in [4.69, 9.17) is 10.2 Å². The van der Waals surface area contributed by atoms with Gasteiger partial charge in [-0.05, 0) is 0 Å². The average molecular weight is 172 g/mol. The largest absolute Gasteiger partial charge is 0.481 e. The maximum atomic E-state index is 11.4. The van der Waals surface area contributed by atoms with E-state index in [1.807, 2.05) is 0 Å². The van der Waals surface area contributed by atoms with Crippen LogP contribution in [0.25, 0.3) is 0 Å². The lowest BCUT2D eigenvalue weighted by atomic mass is 10.2. The number of hydrogen-bond donors (Lipinski definition) is 2. The minimum atomic E-state index is -4.51. The number of aliphatic hydroxyl groups is 1. The average Bonchev–Trinajstić information content (AvgIpc) is 1.53. The fraction of sp³-hybridized carbons (Fsp3) is 0.800. The van der Waals surface area contributed by atoms with Crippen LogP contribution in [-0.4, -0.2) is 28.5 Å². The van der Waals surface area contributed by atoms with Gasteiger partial charge in [0.25, 0.3) is 0 Å². The summed E-state index contributed by atoms with van der Waals surface area (Å²) in [6.07, 6.45) is -8.69. The first-order valence-corrected chi connectivity index (χ1v) is 2.78. The second kappa shape index (κ2) is 3.56. The van der Waals surface area contributed by atoms with Crippen LogP contribution in [0.1, 0.15) is 12.8 Å². The summed E-state index contributed by atoms with van der Waals surface area (Å²) < 4.78 is 34.2. The number of alkyl halides is 3. The van der Waals surface area contributed by atoms with Crippen molar-refractivity contribution >= 4 is 5.97 Å². The molecule has 0 heterocycles. The molecule has 1 unspecified atom stereocenters. The molecule has 0 aromatic heterocycles. The Morgan fingerprint density at radius 2 is 1.91 bits per heavy atom. The zero-order valence-corrected chi connectivity index (χ0v) is 5.43. The van der Waals surface area contributed by atoms with Crippen LogP contribution in [0.5, 0.6) is 0 Å². The van der Waals surface area contributed by atoms with Crippen molar-refractivity contribution in [1.29, 1.82) is 0 Å². The van der Waals surface area contributed by atoms with Gasteiger partial charge in [0.05, 0.1) is 18.9 Å². The number of carboxylic acid groups (broad SMARTS) is 1. The normalized spacial score (nSPS) is 14.5. The third kappa shape index (κ3) is 7.11. The van der Waals surface area contributed by atoms with Crippen LogP contribution in [0.15, 0.2) is 0 Å². The number of hydrogen-bond acceptors (Lipinski definition) is 2.